The van der Waals surface area contributed by atoms with E-state index in [9.17, 15) is 19.2 Å². The number of amides is 4. The first-order valence-corrected chi connectivity index (χ1v) is 17.1. The minimum Gasteiger partial charge on any atom is -0.343 e. The highest BCUT2D eigenvalue weighted by Crippen LogP contribution is 2.47. The Kier molecular flexibility index (Phi) is 9.38. The molecule has 3 heterocycles. The highest BCUT2D eigenvalue weighted by molar-refractivity contribution is 6.06. The van der Waals surface area contributed by atoms with Gasteiger partial charge in [0, 0.05) is 56.6 Å². The van der Waals surface area contributed by atoms with Gasteiger partial charge in [-0.1, -0.05) is 57.2 Å². The van der Waals surface area contributed by atoms with Crippen LogP contribution in [0.5, 0.6) is 0 Å². The lowest BCUT2D eigenvalue weighted by molar-refractivity contribution is -0.150. The van der Waals surface area contributed by atoms with Crippen molar-refractivity contribution in [2.45, 2.75) is 84.3 Å². The van der Waals surface area contributed by atoms with Crippen LogP contribution in [0, 0.1) is 5.41 Å². The lowest BCUT2D eigenvalue weighted by Gasteiger charge is -2.42. The predicted molar refractivity (Wildman–Crippen MR) is 185 cm³/mol. The smallest absolute Gasteiger partial charge is 0.244 e. The molecule has 2 aliphatic heterocycles. The van der Waals surface area contributed by atoms with Gasteiger partial charge in [-0.2, -0.15) is 0 Å². The maximum absolute atomic E-state index is 14.5. The summed E-state index contributed by atoms with van der Waals surface area (Å²) in [5, 5.41) is 9.47. The molecule has 3 aromatic rings. The van der Waals surface area contributed by atoms with Crippen molar-refractivity contribution in [1.82, 2.24) is 20.1 Å². The Balaban J connectivity index is 1.22. The highest BCUT2D eigenvalue weighted by atomic mass is 16.2. The molecule has 252 valence electrons. The molecule has 3 aliphatic rings. The Bertz CT molecular complexity index is 1730. The van der Waals surface area contributed by atoms with E-state index in [1.807, 2.05) is 55.5 Å². The van der Waals surface area contributed by atoms with Crippen LogP contribution in [0.4, 0.5) is 11.5 Å². The third-order valence-electron chi connectivity index (χ3n) is 10.6. The SMILES string of the molecule is CCC1(C(=O)N(CC(=O)Nc2ccc3c(c2)C[C@@]2(C3)C(=O)Nc3ncccc32)Cc2ccccc2CNC(C)C)CCN(C(C)=O)CC1. The van der Waals surface area contributed by atoms with E-state index < -0.39 is 10.8 Å². The fourth-order valence-electron chi connectivity index (χ4n) is 7.63. The summed E-state index contributed by atoms with van der Waals surface area (Å²) in [6, 6.07) is 18.0. The van der Waals surface area contributed by atoms with Gasteiger partial charge in [-0.15, -0.1) is 0 Å². The van der Waals surface area contributed by atoms with Crippen molar-refractivity contribution < 1.29 is 19.2 Å². The molecular formula is C38H46N6O4. The van der Waals surface area contributed by atoms with Crippen molar-refractivity contribution >= 4 is 35.1 Å². The molecule has 0 unspecified atom stereocenters. The third kappa shape index (κ3) is 6.45. The van der Waals surface area contributed by atoms with Crippen molar-refractivity contribution in [2.24, 2.45) is 5.41 Å². The van der Waals surface area contributed by atoms with Crippen molar-refractivity contribution in [1.29, 1.82) is 0 Å². The highest BCUT2D eigenvalue weighted by Gasteiger charge is 2.51. The number of hydrogen-bond donors (Lipinski definition) is 3. The van der Waals surface area contributed by atoms with E-state index in [1.54, 1.807) is 22.9 Å². The quantitative estimate of drug-likeness (QED) is 0.295. The Morgan fingerprint density at radius 3 is 2.44 bits per heavy atom. The van der Waals surface area contributed by atoms with Crippen molar-refractivity contribution in [3.63, 3.8) is 0 Å². The van der Waals surface area contributed by atoms with E-state index >= 15 is 0 Å². The fraction of sp³-hybridized carbons (Fsp3) is 0.447. The molecule has 4 amide bonds. The van der Waals surface area contributed by atoms with E-state index in [0.717, 1.165) is 27.8 Å². The minimum absolute atomic E-state index is 0.0182. The lowest BCUT2D eigenvalue weighted by atomic mass is 9.74. The largest absolute Gasteiger partial charge is 0.343 e. The van der Waals surface area contributed by atoms with Crippen LogP contribution >= 0.6 is 0 Å². The van der Waals surface area contributed by atoms with Gasteiger partial charge in [-0.05, 0) is 72.6 Å². The number of pyridine rings is 1. The summed E-state index contributed by atoms with van der Waals surface area (Å²) in [6.45, 7) is 9.69. The van der Waals surface area contributed by atoms with Crippen LogP contribution in [-0.4, -0.2) is 64.1 Å². The summed E-state index contributed by atoms with van der Waals surface area (Å²) in [5.74, 6) is 0.256. The monoisotopic (exact) mass is 650 g/mol. The number of piperidine rings is 1. The van der Waals surface area contributed by atoms with Crippen LogP contribution in [0.2, 0.25) is 0 Å². The topological polar surface area (TPSA) is 124 Å². The zero-order valence-electron chi connectivity index (χ0n) is 28.4. The summed E-state index contributed by atoms with van der Waals surface area (Å²) in [6.07, 6.45) is 4.55. The fourth-order valence-corrected chi connectivity index (χ4v) is 7.63. The van der Waals surface area contributed by atoms with Gasteiger partial charge in [-0.3, -0.25) is 19.2 Å². The predicted octanol–water partition coefficient (Wildman–Crippen LogP) is 4.57. The normalized spacial score (nSPS) is 19.2. The zero-order chi connectivity index (χ0) is 34.1. The third-order valence-corrected chi connectivity index (χ3v) is 10.6. The van der Waals surface area contributed by atoms with Crippen LogP contribution in [0.25, 0.3) is 0 Å². The molecule has 10 nitrogen and oxygen atoms in total. The Hall–Kier alpha value is -4.57. The number of carbonyl (C=O) groups is 4. The van der Waals surface area contributed by atoms with E-state index in [1.165, 1.54) is 0 Å². The molecule has 0 saturated carbocycles. The number of hydrogen-bond acceptors (Lipinski definition) is 6. The van der Waals surface area contributed by atoms with Crippen LogP contribution in [0.3, 0.4) is 0 Å². The van der Waals surface area contributed by atoms with E-state index in [2.05, 4.69) is 40.8 Å². The molecule has 1 aliphatic carbocycles. The molecule has 0 bridgehead atoms. The van der Waals surface area contributed by atoms with Gasteiger partial charge in [0.25, 0.3) is 0 Å². The van der Waals surface area contributed by atoms with Gasteiger partial charge < -0.3 is 25.8 Å². The summed E-state index contributed by atoms with van der Waals surface area (Å²) in [5.41, 5.74) is 4.37. The van der Waals surface area contributed by atoms with Gasteiger partial charge >= 0.3 is 0 Å². The van der Waals surface area contributed by atoms with Crippen LogP contribution in [0.1, 0.15) is 74.8 Å². The number of nitrogens with one attached hydrogen (secondary N) is 3. The second-order valence-electron chi connectivity index (χ2n) is 13.9. The van der Waals surface area contributed by atoms with E-state index in [-0.39, 0.29) is 30.2 Å². The van der Waals surface area contributed by atoms with Crippen LogP contribution in [-0.2, 0) is 50.5 Å². The molecular weight excluding hydrogens is 604 g/mol. The number of likely N-dealkylation sites (tertiary alicyclic amines) is 1. The number of benzene rings is 2. The summed E-state index contributed by atoms with van der Waals surface area (Å²) >= 11 is 0. The second-order valence-corrected chi connectivity index (χ2v) is 13.9. The van der Waals surface area contributed by atoms with Crippen molar-refractivity contribution in [2.75, 3.05) is 30.3 Å². The van der Waals surface area contributed by atoms with Crippen LogP contribution in [0.15, 0.2) is 60.8 Å². The Labute approximate surface area is 282 Å². The lowest BCUT2D eigenvalue weighted by Crippen LogP contribution is -2.52. The van der Waals surface area contributed by atoms with Gasteiger partial charge in [0.05, 0.1) is 10.8 Å². The molecule has 1 spiro atoms. The average Bonchev–Trinajstić information content (AvgIpc) is 3.59. The summed E-state index contributed by atoms with van der Waals surface area (Å²) in [7, 11) is 0. The van der Waals surface area contributed by atoms with Crippen LogP contribution < -0.4 is 16.0 Å². The zero-order valence-corrected chi connectivity index (χ0v) is 28.4. The van der Waals surface area contributed by atoms with E-state index in [4.69, 9.17) is 0 Å². The number of aromatic nitrogens is 1. The van der Waals surface area contributed by atoms with Crippen molar-refractivity contribution in [3.05, 3.63) is 88.6 Å². The van der Waals surface area contributed by atoms with E-state index in [0.29, 0.717) is 75.8 Å². The number of rotatable bonds is 10. The maximum atomic E-state index is 14.5. The average molecular weight is 651 g/mol. The first kappa shape index (κ1) is 33.3. The Morgan fingerprint density at radius 2 is 1.73 bits per heavy atom. The van der Waals surface area contributed by atoms with Gasteiger partial charge in [-0.25, -0.2) is 4.98 Å². The molecule has 1 fully saturated rings. The molecule has 1 atom stereocenters. The van der Waals surface area contributed by atoms with Gasteiger partial charge in [0.15, 0.2) is 0 Å². The maximum Gasteiger partial charge on any atom is 0.244 e. The standard InChI is InChI=1S/C38H46N6O4/c1-5-37(14-17-43(18-15-37)26(4)45)36(48)44(23-29-10-7-6-9-28(29)22-40-25(2)3)24-33(46)41-31-13-12-27-20-38(21-30(27)19-31)32-11-8-16-39-34(32)42-35(38)47/h6-13,16,19,25,40H,5,14-15,17-18,20-24H2,1-4H3,(H,41,46)(H,39,42,47)/t38-/m1/s1. The molecule has 6 rings (SSSR count). The molecule has 1 saturated heterocycles. The first-order valence-electron chi connectivity index (χ1n) is 17.1. The molecule has 3 N–H and O–H groups in total. The molecule has 10 heteroatoms. The number of fused-ring (bicyclic) bond motifs is 3. The molecule has 1 aromatic heterocycles. The Morgan fingerprint density at radius 1 is 1.00 bits per heavy atom. The number of nitrogens with zero attached hydrogens (tertiary/aromatic N) is 3. The molecule has 48 heavy (non-hydrogen) atoms. The number of anilines is 2. The van der Waals surface area contributed by atoms with Gasteiger partial charge in [0.2, 0.25) is 23.6 Å². The molecule has 0 radical (unpaired) electrons. The summed E-state index contributed by atoms with van der Waals surface area (Å²) in [4.78, 5) is 61.4. The molecule has 2 aromatic carbocycles. The van der Waals surface area contributed by atoms with Crippen molar-refractivity contribution in [3.8, 4) is 0 Å². The first-order chi connectivity index (χ1) is 23.0. The summed E-state index contributed by atoms with van der Waals surface area (Å²) < 4.78 is 0. The van der Waals surface area contributed by atoms with Gasteiger partial charge in [0.1, 0.15) is 12.4 Å². The number of carbonyl (C=O) groups excluding carboxylic acids is 4. The second kappa shape index (κ2) is 13.5. The minimum atomic E-state index is -0.692.